The summed E-state index contributed by atoms with van der Waals surface area (Å²) >= 11 is 0. The van der Waals surface area contributed by atoms with Gasteiger partial charge in [0.15, 0.2) is 0 Å². The molecule has 19 heavy (non-hydrogen) atoms. The third-order valence-electron chi connectivity index (χ3n) is 3.17. The lowest BCUT2D eigenvalue weighted by Gasteiger charge is -2.19. The van der Waals surface area contributed by atoms with Crippen LogP contribution >= 0.6 is 0 Å². The molecule has 0 aliphatic heterocycles. The molecule has 0 radical (unpaired) electrons. The molecule has 4 heteroatoms. The Bertz CT molecular complexity index is 449. The van der Waals surface area contributed by atoms with Gasteiger partial charge >= 0.3 is 0 Å². The van der Waals surface area contributed by atoms with Crippen molar-refractivity contribution in [3.63, 3.8) is 0 Å². The Morgan fingerprint density at radius 3 is 2.26 bits per heavy atom. The van der Waals surface area contributed by atoms with E-state index in [-0.39, 0.29) is 6.04 Å². The smallest absolute Gasteiger partial charge is 0.121 e. The molecule has 0 fully saturated rings. The average Bonchev–Trinajstić information content (AvgIpc) is 2.48. The standard InChI is InChI=1S/C15H20N4/c1-3-19(4-2)10-9-18-15(12-17)14-7-5-13(11-16)6-8-14/h5-8,15,18H,3-4,9-10H2,1-2H3. The molecule has 0 amide bonds. The van der Waals surface area contributed by atoms with E-state index in [2.05, 4.69) is 36.2 Å². The van der Waals surface area contributed by atoms with Gasteiger partial charge in [-0.25, -0.2) is 0 Å². The summed E-state index contributed by atoms with van der Waals surface area (Å²) in [6.45, 7) is 8.01. The highest BCUT2D eigenvalue weighted by atomic mass is 15.1. The molecule has 0 bridgehead atoms. The second-order valence-corrected chi connectivity index (χ2v) is 4.28. The maximum atomic E-state index is 9.19. The molecule has 1 atom stereocenters. The summed E-state index contributed by atoms with van der Waals surface area (Å²) in [6, 6.07) is 11.2. The summed E-state index contributed by atoms with van der Waals surface area (Å²) in [6.07, 6.45) is 0. The first kappa shape index (κ1) is 15.2. The zero-order chi connectivity index (χ0) is 14.1. The minimum atomic E-state index is -0.316. The van der Waals surface area contributed by atoms with Gasteiger partial charge in [0.05, 0.1) is 17.7 Å². The molecular formula is C15H20N4. The monoisotopic (exact) mass is 256 g/mol. The predicted molar refractivity (Wildman–Crippen MR) is 75.3 cm³/mol. The maximum Gasteiger partial charge on any atom is 0.121 e. The third kappa shape index (κ3) is 4.71. The van der Waals surface area contributed by atoms with E-state index in [0.29, 0.717) is 5.56 Å². The minimum Gasteiger partial charge on any atom is -0.303 e. The number of nitriles is 2. The highest BCUT2D eigenvalue weighted by molar-refractivity contribution is 5.34. The van der Waals surface area contributed by atoms with Crippen LogP contribution in [0.25, 0.3) is 0 Å². The van der Waals surface area contributed by atoms with Gasteiger partial charge in [0.25, 0.3) is 0 Å². The fourth-order valence-electron chi connectivity index (χ4n) is 1.89. The van der Waals surface area contributed by atoms with E-state index < -0.39 is 0 Å². The van der Waals surface area contributed by atoms with E-state index in [1.54, 1.807) is 12.1 Å². The summed E-state index contributed by atoms with van der Waals surface area (Å²) in [5.74, 6) is 0. The van der Waals surface area contributed by atoms with Crippen LogP contribution in [-0.4, -0.2) is 31.1 Å². The Balaban J connectivity index is 2.54. The lowest BCUT2D eigenvalue weighted by atomic mass is 10.1. The van der Waals surface area contributed by atoms with Gasteiger partial charge < -0.3 is 4.90 Å². The van der Waals surface area contributed by atoms with Crippen molar-refractivity contribution < 1.29 is 0 Å². The van der Waals surface area contributed by atoms with E-state index >= 15 is 0 Å². The Morgan fingerprint density at radius 2 is 1.79 bits per heavy atom. The van der Waals surface area contributed by atoms with Crippen molar-refractivity contribution in [3.8, 4) is 12.1 Å². The molecule has 0 heterocycles. The molecule has 1 rings (SSSR count). The molecule has 100 valence electrons. The van der Waals surface area contributed by atoms with Crippen LogP contribution in [0.4, 0.5) is 0 Å². The number of hydrogen-bond donors (Lipinski definition) is 1. The molecule has 0 saturated heterocycles. The largest absolute Gasteiger partial charge is 0.303 e. The normalized spacial score (nSPS) is 11.8. The number of hydrogen-bond acceptors (Lipinski definition) is 4. The minimum absolute atomic E-state index is 0.316. The highest BCUT2D eigenvalue weighted by Gasteiger charge is 2.09. The number of nitrogens with zero attached hydrogens (tertiary/aromatic N) is 3. The molecule has 0 aromatic heterocycles. The Labute approximate surface area is 115 Å². The summed E-state index contributed by atoms with van der Waals surface area (Å²) < 4.78 is 0. The molecule has 1 aromatic rings. The van der Waals surface area contributed by atoms with E-state index in [0.717, 1.165) is 31.7 Å². The molecular weight excluding hydrogens is 236 g/mol. The lowest BCUT2D eigenvalue weighted by molar-refractivity contribution is 0.300. The van der Waals surface area contributed by atoms with Crippen LogP contribution < -0.4 is 5.32 Å². The van der Waals surface area contributed by atoms with Crippen molar-refractivity contribution in [2.24, 2.45) is 0 Å². The van der Waals surface area contributed by atoms with Gasteiger partial charge in [0.2, 0.25) is 0 Å². The van der Waals surface area contributed by atoms with Gasteiger partial charge in [-0.1, -0.05) is 26.0 Å². The molecule has 0 aliphatic rings. The molecule has 0 aliphatic carbocycles. The van der Waals surface area contributed by atoms with E-state index in [4.69, 9.17) is 5.26 Å². The Morgan fingerprint density at radius 1 is 1.16 bits per heavy atom. The Hall–Kier alpha value is -1.88. The van der Waals surface area contributed by atoms with Crippen molar-refractivity contribution in [1.29, 1.82) is 10.5 Å². The van der Waals surface area contributed by atoms with Crippen molar-refractivity contribution >= 4 is 0 Å². The van der Waals surface area contributed by atoms with Gasteiger partial charge in [-0.2, -0.15) is 10.5 Å². The molecule has 0 spiro atoms. The van der Waals surface area contributed by atoms with E-state index in [1.807, 2.05) is 12.1 Å². The first-order chi connectivity index (χ1) is 9.24. The number of benzene rings is 1. The average molecular weight is 256 g/mol. The van der Waals surface area contributed by atoms with Crippen molar-refractivity contribution in [2.45, 2.75) is 19.9 Å². The zero-order valence-electron chi connectivity index (χ0n) is 11.6. The van der Waals surface area contributed by atoms with Crippen LogP contribution in [0, 0.1) is 22.7 Å². The number of likely N-dealkylation sites (N-methyl/N-ethyl adjacent to an activating group) is 1. The number of nitrogens with one attached hydrogen (secondary N) is 1. The fraction of sp³-hybridized carbons (Fsp3) is 0.467. The maximum absolute atomic E-state index is 9.19. The highest BCUT2D eigenvalue weighted by Crippen LogP contribution is 2.12. The van der Waals surface area contributed by atoms with Crippen LogP contribution in [0.15, 0.2) is 24.3 Å². The number of rotatable bonds is 7. The summed E-state index contributed by atoms with van der Waals surface area (Å²) in [5, 5.41) is 21.2. The van der Waals surface area contributed by atoms with Crippen LogP contribution in [0.1, 0.15) is 31.0 Å². The predicted octanol–water partition coefficient (Wildman–Crippen LogP) is 2.05. The Kier molecular flexibility index (Phi) is 6.60. The second-order valence-electron chi connectivity index (χ2n) is 4.28. The zero-order valence-corrected chi connectivity index (χ0v) is 11.6. The first-order valence-electron chi connectivity index (χ1n) is 6.60. The third-order valence-corrected chi connectivity index (χ3v) is 3.17. The fourth-order valence-corrected chi connectivity index (χ4v) is 1.89. The van der Waals surface area contributed by atoms with Gasteiger partial charge in [-0.15, -0.1) is 0 Å². The lowest BCUT2D eigenvalue weighted by Crippen LogP contribution is -2.33. The van der Waals surface area contributed by atoms with Crippen molar-refractivity contribution in [3.05, 3.63) is 35.4 Å². The van der Waals surface area contributed by atoms with Crippen LogP contribution in [-0.2, 0) is 0 Å². The molecule has 1 unspecified atom stereocenters. The van der Waals surface area contributed by atoms with Gasteiger partial charge in [0, 0.05) is 13.1 Å². The van der Waals surface area contributed by atoms with Crippen LogP contribution in [0.3, 0.4) is 0 Å². The SMILES string of the molecule is CCN(CC)CCNC(C#N)c1ccc(C#N)cc1. The van der Waals surface area contributed by atoms with Crippen LogP contribution in [0.5, 0.6) is 0 Å². The van der Waals surface area contributed by atoms with E-state index in [9.17, 15) is 5.26 Å². The summed E-state index contributed by atoms with van der Waals surface area (Å²) in [5.41, 5.74) is 1.52. The van der Waals surface area contributed by atoms with Crippen molar-refractivity contribution in [1.82, 2.24) is 10.2 Å². The van der Waals surface area contributed by atoms with Gasteiger partial charge in [-0.3, -0.25) is 5.32 Å². The summed E-state index contributed by atoms with van der Waals surface area (Å²) in [7, 11) is 0. The molecule has 0 saturated carbocycles. The van der Waals surface area contributed by atoms with E-state index in [1.165, 1.54) is 0 Å². The quantitative estimate of drug-likeness (QED) is 0.811. The first-order valence-corrected chi connectivity index (χ1v) is 6.60. The topological polar surface area (TPSA) is 62.9 Å². The molecule has 4 nitrogen and oxygen atoms in total. The molecule has 1 N–H and O–H groups in total. The van der Waals surface area contributed by atoms with Crippen molar-refractivity contribution in [2.75, 3.05) is 26.2 Å². The second kappa shape index (κ2) is 8.26. The van der Waals surface area contributed by atoms with Gasteiger partial charge in [0.1, 0.15) is 6.04 Å². The van der Waals surface area contributed by atoms with Gasteiger partial charge in [-0.05, 0) is 30.8 Å². The molecule has 1 aromatic carbocycles. The van der Waals surface area contributed by atoms with Crippen LogP contribution in [0.2, 0.25) is 0 Å². The summed E-state index contributed by atoms with van der Waals surface area (Å²) in [4.78, 5) is 2.31.